The number of unbranched alkanes of at least 4 members (excludes halogenated alkanes) is 6. The molecule has 4 nitrogen and oxygen atoms in total. The number of hydrogen-bond donors (Lipinski definition) is 0. The van der Waals surface area contributed by atoms with Crippen LogP contribution >= 0.6 is 0 Å². The van der Waals surface area contributed by atoms with Gasteiger partial charge in [0, 0.05) is 13.3 Å². The summed E-state index contributed by atoms with van der Waals surface area (Å²) in [6.45, 7) is 3.61. The quantitative estimate of drug-likeness (QED) is 0.345. The van der Waals surface area contributed by atoms with Crippen molar-refractivity contribution in [3.63, 3.8) is 0 Å². The first-order valence-electron chi connectivity index (χ1n) is 8.49. The SMILES string of the molecule is CCCCCCCCC[C@@]1(C(=O)OC)C=C[C@@H](OC(C)=O)C1. The molecule has 4 heteroatoms. The molecule has 0 fully saturated rings. The van der Waals surface area contributed by atoms with Crippen LogP contribution in [0.4, 0.5) is 0 Å². The maximum atomic E-state index is 12.2. The molecule has 0 saturated heterocycles. The lowest BCUT2D eigenvalue weighted by Gasteiger charge is -2.25. The highest BCUT2D eigenvalue weighted by Crippen LogP contribution is 2.39. The summed E-state index contributed by atoms with van der Waals surface area (Å²) < 4.78 is 10.2. The fourth-order valence-electron chi connectivity index (χ4n) is 3.12. The molecule has 1 rings (SSSR count). The Morgan fingerprint density at radius 1 is 1.14 bits per heavy atom. The van der Waals surface area contributed by atoms with E-state index < -0.39 is 5.41 Å². The third-order valence-electron chi connectivity index (χ3n) is 4.33. The number of rotatable bonds is 10. The van der Waals surface area contributed by atoms with Gasteiger partial charge in [0.05, 0.1) is 12.5 Å². The molecule has 0 aliphatic heterocycles. The minimum absolute atomic E-state index is 0.218. The normalized spacial score (nSPS) is 23.5. The molecule has 1 aliphatic carbocycles. The Balaban J connectivity index is 2.41. The van der Waals surface area contributed by atoms with Gasteiger partial charge in [-0.2, -0.15) is 0 Å². The van der Waals surface area contributed by atoms with Crippen molar-refractivity contribution < 1.29 is 19.1 Å². The molecule has 0 aromatic heterocycles. The average Bonchev–Trinajstić information content (AvgIpc) is 2.89. The van der Waals surface area contributed by atoms with Gasteiger partial charge in [0.2, 0.25) is 0 Å². The summed E-state index contributed by atoms with van der Waals surface area (Å²) in [7, 11) is 1.42. The first-order valence-corrected chi connectivity index (χ1v) is 8.49. The number of carbonyl (C=O) groups is 2. The number of hydrogen-bond acceptors (Lipinski definition) is 4. The molecule has 0 spiro atoms. The van der Waals surface area contributed by atoms with E-state index in [9.17, 15) is 9.59 Å². The summed E-state index contributed by atoms with van der Waals surface area (Å²) in [5.74, 6) is -0.532. The number of methoxy groups -OCH3 is 1. The van der Waals surface area contributed by atoms with Gasteiger partial charge in [-0.1, -0.05) is 57.9 Å². The molecule has 2 atom stereocenters. The number of ether oxygens (including phenoxy) is 2. The van der Waals surface area contributed by atoms with Gasteiger partial charge in [0.15, 0.2) is 0 Å². The van der Waals surface area contributed by atoms with Crippen molar-refractivity contribution in [3.05, 3.63) is 12.2 Å². The third kappa shape index (κ3) is 5.82. The van der Waals surface area contributed by atoms with Crippen LogP contribution in [0.25, 0.3) is 0 Å². The maximum Gasteiger partial charge on any atom is 0.315 e. The van der Waals surface area contributed by atoms with Crippen LogP contribution in [-0.2, 0) is 19.1 Å². The Labute approximate surface area is 134 Å². The summed E-state index contributed by atoms with van der Waals surface area (Å²) in [6, 6.07) is 0. The van der Waals surface area contributed by atoms with E-state index in [0.29, 0.717) is 6.42 Å². The average molecular weight is 310 g/mol. The zero-order valence-electron chi connectivity index (χ0n) is 14.2. The number of esters is 2. The third-order valence-corrected chi connectivity index (χ3v) is 4.33. The first-order chi connectivity index (χ1) is 10.5. The van der Waals surface area contributed by atoms with Gasteiger partial charge in [-0.25, -0.2) is 0 Å². The van der Waals surface area contributed by atoms with Crippen LogP contribution < -0.4 is 0 Å². The van der Waals surface area contributed by atoms with E-state index in [4.69, 9.17) is 9.47 Å². The van der Waals surface area contributed by atoms with E-state index in [2.05, 4.69) is 6.92 Å². The molecule has 0 bridgehead atoms. The maximum absolute atomic E-state index is 12.2. The largest absolute Gasteiger partial charge is 0.468 e. The highest BCUT2D eigenvalue weighted by molar-refractivity contribution is 5.80. The summed E-state index contributed by atoms with van der Waals surface area (Å²) in [5.41, 5.74) is -0.613. The molecular formula is C18H30O4. The van der Waals surface area contributed by atoms with E-state index >= 15 is 0 Å². The molecular weight excluding hydrogens is 280 g/mol. The molecule has 0 aromatic rings. The van der Waals surface area contributed by atoms with Crippen LogP contribution in [0, 0.1) is 5.41 Å². The molecule has 0 unspecified atom stereocenters. The fraction of sp³-hybridized carbons (Fsp3) is 0.778. The van der Waals surface area contributed by atoms with Crippen LogP contribution in [0.1, 0.15) is 71.6 Å². The van der Waals surface area contributed by atoms with Crippen molar-refractivity contribution in [2.75, 3.05) is 7.11 Å². The second kappa shape index (κ2) is 9.65. The van der Waals surface area contributed by atoms with Crippen molar-refractivity contribution in [3.8, 4) is 0 Å². The highest BCUT2D eigenvalue weighted by Gasteiger charge is 2.43. The molecule has 1 aliphatic rings. The van der Waals surface area contributed by atoms with Crippen molar-refractivity contribution in [1.82, 2.24) is 0 Å². The van der Waals surface area contributed by atoms with E-state index in [0.717, 1.165) is 19.3 Å². The Kier molecular flexibility index (Phi) is 8.21. The molecule has 0 heterocycles. The topological polar surface area (TPSA) is 52.6 Å². The Hall–Kier alpha value is -1.32. The molecule has 22 heavy (non-hydrogen) atoms. The lowest BCUT2D eigenvalue weighted by atomic mass is 9.81. The van der Waals surface area contributed by atoms with Gasteiger partial charge in [-0.3, -0.25) is 9.59 Å². The molecule has 0 N–H and O–H groups in total. The van der Waals surface area contributed by atoms with E-state index in [1.165, 1.54) is 46.1 Å². The molecule has 0 saturated carbocycles. The van der Waals surface area contributed by atoms with Crippen LogP contribution in [0.15, 0.2) is 12.2 Å². The molecule has 0 amide bonds. The first kappa shape index (κ1) is 18.7. The van der Waals surface area contributed by atoms with Gasteiger partial charge in [-0.05, 0) is 12.5 Å². The number of carbonyl (C=O) groups excluding carboxylic acids is 2. The smallest absolute Gasteiger partial charge is 0.315 e. The summed E-state index contributed by atoms with van der Waals surface area (Å²) in [4.78, 5) is 23.2. The zero-order valence-corrected chi connectivity index (χ0v) is 14.2. The summed E-state index contributed by atoms with van der Waals surface area (Å²) >= 11 is 0. The van der Waals surface area contributed by atoms with E-state index in [-0.39, 0.29) is 18.0 Å². The Bertz CT molecular complexity index is 389. The van der Waals surface area contributed by atoms with Crippen LogP contribution in [0.3, 0.4) is 0 Å². The zero-order chi connectivity index (χ0) is 16.4. The van der Waals surface area contributed by atoms with E-state index in [1.807, 2.05) is 12.2 Å². The lowest BCUT2D eigenvalue weighted by Crippen LogP contribution is -2.31. The molecule has 126 valence electrons. The highest BCUT2D eigenvalue weighted by atomic mass is 16.5. The van der Waals surface area contributed by atoms with Crippen molar-refractivity contribution in [1.29, 1.82) is 0 Å². The van der Waals surface area contributed by atoms with Crippen LogP contribution in [0.5, 0.6) is 0 Å². The van der Waals surface area contributed by atoms with Crippen molar-refractivity contribution >= 4 is 11.9 Å². The Morgan fingerprint density at radius 3 is 2.36 bits per heavy atom. The second-order valence-corrected chi connectivity index (χ2v) is 6.23. The minimum atomic E-state index is -0.613. The van der Waals surface area contributed by atoms with Gasteiger partial charge in [-0.15, -0.1) is 0 Å². The lowest BCUT2D eigenvalue weighted by molar-refractivity contribution is -0.154. The van der Waals surface area contributed by atoms with Crippen molar-refractivity contribution in [2.45, 2.75) is 77.7 Å². The van der Waals surface area contributed by atoms with E-state index in [1.54, 1.807) is 0 Å². The predicted molar refractivity (Wildman–Crippen MR) is 86.4 cm³/mol. The standard InChI is InChI=1S/C18H30O4/c1-4-5-6-7-8-9-10-12-18(17(20)21-3)13-11-16(14-18)22-15(2)19/h11,13,16H,4-10,12,14H2,1-3H3/t16-,18-/m1/s1. The van der Waals surface area contributed by atoms with Crippen molar-refractivity contribution in [2.24, 2.45) is 5.41 Å². The molecule has 0 radical (unpaired) electrons. The summed E-state index contributed by atoms with van der Waals surface area (Å²) in [6.07, 6.45) is 13.1. The van der Waals surface area contributed by atoms with Gasteiger partial charge >= 0.3 is 11.9 Å². The minimum Gasteiger partial charge on any atom is -0.468 e. The monoisotopic (exact) mass is 310 g/mol. The van der Waals surface area contributed by atoms with Crippen LogP contribution in [-0.4, -0.2) is 25.2 Å². The Morgan fingerprint density at radius 2 is 1.77 bits per heavy atom. The van der Waals surface area contributed by atoms with Gasteiger partial charge < -0.3 is 9.47 Å². The van der Waals surface area contributed by atoms with Gasteiger partial charge in [0.25, 0.3) is 0 Å². The molecule has 0 aromatic carbocycles. The van der Waals surface area contributed by atoms with Crippen LogP contribution in [0.2, 0.25) is 0 Å². The fourth-order valence-corrected chi connectivity index (χ4v) is 3.12. The van der Waals surface area contributed by atoms with Gasteiger partial charge in [0.1, 0.15) is 6.10 Å². The predicted octanol–water partition coefficient (Wildman–Crippen LogP) is 4.18. The summed E-state index contributed by atoms with van der Waals surface area (Å²) in [5, 5.41) is 0. The second-order valence-electron chi connectivity index (χ2n) is 6.23.